The molecule has 0 heterocycles. The third kappa shape index (κ3) is 8.14. The van der Waals surface area contributed by atoms with E-state index in [0.29, 0.717) is 19.4 Å². The molecular weight excluding hydrogens is 271 g/mol. The van der Waals surface area contributed by atoms with Crippen molar-refractivity contribution in [3.05, 3.63) is 35.9 Å². The molecule has 1 aromatic carbocycles. The van der Waals surface area contributed by atoms with Crippen LogP contribution >= 0.6 is 0 Å². The molecule has 1 unspecified atom stereocenters. The Morgan fingerprint density at radius 2 is 1.90 bits per heavy atom. The maximum absolute atomic E-state index is 11.8. The molecule has 0 aromatic heterocycles. The third-order valence-electron chi connectivity index (χ3n) is 2.71. The van der Waals surface area contributed by atoms with E-state index in [2.05, 4.69) is 10.1 Å². The van der Waals surface area contributed by atoms with Crippen molar-refractivity contribution in [3.63, 3.8) is 0 Å². The van der Waals surface area contributed by atoms with E-state index in [4.69, 9.17) is 0 Å². The molecule has 0 spiro atoms. The second kappa shape index (κ2) is 8.94. The van der Waals surface area contributed by atoms with Crippen LogP contribution in [0.4, 0.5) is 13.2 Å². The van der Waals surface area contributed by atoms with Crippen LogP contribution in [0, 0.1) is 0 Å². The molecule has 6 heteroatoms. The number of hydrogen-bond acceptors (Lipinski definition) is 3. The van der Waals surface area contributed by atoms with Gasteiger partial charge in [0, 0.05) is 12.6 Å². The lowest BCUT2D eigenvalue weighted by atomic mass is 10.1. The second-order valence-electron chi connectivity index (χ2n) is 4.54. The molecule has 0 bridgehead atoms. The molecule has 0 saturated carbocycles. The Bertz CT molecular complexity index is 357. The summed E-state index contributed by atoms with van der Waals surface area (Å²) in [5, 5.41) is 12.4. The quantitative estimate of drug-likeness (QED) is 0.685. The number of benzene rings is 1. The van der Waals surface area contributed by atoms with Gasteiger partial charge in [0.1, 0.15) is 6.61 Å². The predicted octanol–water partition coefficient (Wildman–Crippen LogP) is 2.15. The molecule has 0 radical (unpaired) electrons. The van der Waals surface area contributed by atoms with Crippen LogP contribution < -0.4 is 5.32 Å². The van der Waals surface area contributed by atoms with Crippen molar-refractivity contribution >= 4 is 0 Å². The van der Waals surface area contributed by atoms with Gasteiger partial charge in [-0.15, -0.1) is 0 Å². The first-order valence-corrected chi connectivity index (χ1v) is 6.54. The van der Waals surface area contributed by atoms with E-state index in [1.165, 1.54) is 0 Å². The summed E-state index contributed by atoms with van der Waals surface area (Å²) in [6.07, 6.45) is -3.11. The van der Waals surface area contributed by atoms with Crippen LogP contribution in [-0.2, 0) is 11.2 Å². The molecule has 1 rings (SSSR count). The van der Waals surface area contributed by atoms with E-state index >= 15 is 0 Å². The Hall–Kier alpha value is -1.11. The highest BCUT2D eigenvalue weighted by atomic mass is 19.4. The third-order valence-corrected chi connectivity index (χ3v) is 2.71. The highest BCUT2D eigenvalue weighted by molar-refractivity contribution is 5.15. The number of nitrogens with one attached hydrogen (secondary N) is 1. The van der Waals surface area contributed by atoms with Crippen LogP contribution in [0.25, 0.3) is 0 Å². The Labute approximate surface area is 116 Å². The van der Waals surface area contributed by atoms with Crippen LogP contribution in [0.15, 0.2) is 30.3 Å². The summed E-state index contributed by atoms with van der Waals surface area (Å²) in [7, 11) is 0. The SMILES string of the molecule is OCC(Cc1ccccc1)NCCCOCC(F)(F)F. The van der Waals surface area contributed by atoms with Crippen LogP contribution in [0.3, 0.4) is 0 Å². The monoisotopic (exact) mass is 291 g/mol. The molecule has 3 nitrogen and oxygen atoms in total. The lowest BCUT2D eigenvalue weighted by Crippen LogP contribution is -2.35. The van der Waals surface area contributed by atoms with Gasteiger partial charge in [-0.2, -0.15) is 13.2 Å². The van der Waals surface area contributed by atoms with Crippen molar-refractivity contribution in [2.45, 2.75) is 25.1 Å². The zero-order chi connectivity index (χ0) is 14.8. The average molecular weight is 291 g/mol. The Balaban J connectivity index is 2.13. The van der Waals surface area contributed by atoms with Crippen molar-refractivity contribution in [1.82, 2.24) is 5.32 Å². The van der Waals surface area contributed by atoms with Crippen molar-refractivity contribution in [2.75, 3.05) is 26.4 Å². The fourth-order valence-electron chi connectivity index (χ4n) is 1.77. The molecule has 0 fully saturated rings. The maximum Gasteiger partial charge on any atom is 0.411 e. The zero-order valence-electron chi connectivity index (χ0n) is 11.2. The molecule has 1 aromatic rings. The van der Waals surface area contributed by atoms with Crippen LogP contribution in [-0.4, -0.2) is 43.7 Å². The normalized spacial score (nSPS) is 13.4. The van der Waals surface area contributed by atoms with Gasteiger partial charge in [0.05, 0.1) is 6.61 Å². The largest absolute Gasteiger partial charge is 0.411 e. The van der Waals surface area contributed by atoms with Gasteiger partial charge in [0.25, 0.3) is 0 Å². The summed E-state index contributed by atoms with van der Waals surface area (Å²) in [6, 6.07) is 9.61. The summed E-state index contributed by atoms with van der Waals surface area (Å²) in [5.41, 5.74) is 1.10. The highest BCUT2D eigenvalue weighted by Gasteiger charge is 2.27. The van der Waals surface area contributed by atoms with Crippen LogP contribution in [0.2, 0.25) is 0 Å². The summed E-state index contributed by atoms with van der Waals surface area (Å²) in [4.78, 5) is 0. The standard InChI is InChI=1S/C14H20F3NO2/c15-14(16,17)11-20-8-4-7-18-13(10-19)9-12-5-2-1-3-6-12/h1-3,5-6,13,18-19H,4,7-11H2. The first-order chi connectivity index (χ1) is 9.51. The first kappa shape index (κ1) is 16.9. The van der Waals surface area contributed by atoms with Gasteiger partial charge < -0.3 is 15.2 Å². The molecular formula is C14H20F3NO2. The van der Waals surface area contributed by atoms with Gasteiger partial charge in [-0.3, -0.25) is 0 Å². The second-order valence-corrected chi connectivity index (χ2v) is 4.54. The molecule has 1 atom stereocenters. The van der Waals surface area contributed by atoms with Gasteiger partial charge in [-0.25, -0.2) is 0 Å². The molecule has 0 aliphatic heterocycles. The van der Waals surface area contributed by atoms with Crippen LogP contribution in [0.5, 0.6) is 0 Å². The van der Waals surface area contributed by atoms with Gasteiger partial charge in [0.15, 0.2) is 0 Å². The Morgan fingerprint density at radius 1 is 1.20 bits per heavy atom. The van der Waals surface area contributed by atoms with E-state index < -0.39 is 12.8 Å². The lowest BCUT2D eigenvalue weighted by molar-refractivity contribution is -0.173. The minimum atomic E-state index is -4.27. The van der Waals surface area contributed by atoms with Crippen molar-refractivity contribution in [2.24, 2.45) is 0 Å². The summed E-state index contributed by atoms with van der Waals surface area (Å²) >= 11 is 0. The minimum Gasteiger partial charge on any atom is -0.395 e. The maximum atomic E-state index is 11.8. The number of alkyl halides is 3. The fourth-order valence-corrected chi connectivity index (χ4v) is 1.77. The number of aliphatic hydroxyl groups is 1. The lowest BCUT2D eigenvalue weighted by Gasteiger charge is -2.16. The van der Waals surface area contributed by atoms with Crippen LogP contribution in [0.1, 0.15) is 12.0 Å². The molecule has 0 saturated heterocycles. The Kier molecular flexibility index (Phi) is 7.58. The number of hydrogen-bond donors (Lipinski definition) is 2. The fraction of sp³-hybridized carbons (Fsp3) is 0.571. The number of aliphatic hydroxyl groups excluding tert-OH is 1. The number of ether oxygens (including phenoxy) is 1. The molecule has 114 valence electrons. The zero-order valence-corrected chi connectivity index (χ0v) is 11.2. The summed E-state index contributed by atoms with van der Waals surface area (Å²) in [6.45, 7) is -0.662. The minimum absolute atomic E-state index is 0.0156. The molecule has 20 heavy (non-hydrogen) atoms. The summed E-state index contributed by atoms with van der Waals surface area (Å²) < 4.78 is 40.0. The van der Waals surface area contributed by atoms with E-state index in [1.807, 2.05) is 30.3 Å². The van der Waals surface area contributed by atoms with E-state index in [-0.39, 0.29) is 19.3 Å². The first-order valence-electron chi connectivity index (χ1n) is 6.54. The highest BCUT2D eigenvalue weighted by Crippen LogP contribution is 2.14. The van der Waals surface area contributed by atoms with Gasteiger partial charge in [0.2, 0.25) is 0 Å². The van der Waals surface area contributed by atoms with Gasteiger partial charge >= 0.3 is 6.18 Å². The molecule has 0 aliphatic rings. The summed E-state index contributed by atoms with van der Waals surface area (Å²) in [5.74, 6) is 0. The van der Waals surface area contributed by atoms with Gasteiger partial charge in [-0.1, -0.05) is 30.3 Å². The van der Waals surface area contributed by atoms with Gasteiger partial charge in [-0.05, 0) is 24.9 Å². The smallest absolute Gasteiger partial charge is 0.395 e. The van der Waals surface area contributed by atoms with E-state index in [0.717, 1.165) is 5.56 Å². The Morgan fingerprint density at radius 3 is 2.50 bits per heavy atom. The number of halogens is 3. The average Bonchev–Trinajstić information content (AvgIpc) is 2.41. The molecule has 0 amide bonds. The topological polar surface area (TPSA) is 41.5 Å². The number of rotatable bonds is 9. The van der Waals surface area contributed by atoms with E-state index in [9.17, 15) is 18.3 Å². The van der Waals surface area contributed by atoms with E-state index in [1.54, 1.807) is 0 Å². The molecule has 2 N–H and O–H groups in total. The van der Waals surface area contributed by atoms with Crippen molar-refractivity contribution in [1.29, 1.82) is 0 Å². The predicted molar refractivity (Wildman–Crippen MR) is 70.5 cm³/mol. The van der Waals surface area contributed by atoms with Crippen molar-refractivity contribution in [3.8, 4) is 0 Å². The van der Waals surface area contributed by atoms with Crippen molar-refractivity contribution < 1.29 is 23.0 Å². The molecule has 0 aliphatic carbocycles.